The zero-order valence-electron chi connectivity index (χ0n) is 12.3. The van der Waals surface area contributed by atoms with E-state index in [-0.39, 0.29) is 12.0 Å². The van der Waals surface area contributed by atoms with E-state index in [1.54, 1.807) is 12.0 Å². The predicted molar refractivity (Wildman–Crippen MR) is 91.8 cm³/mol. The van der Waals surface area contributed by atoms with Crippen LogP contribution in [0.3, 0.4) is 0 Å². The van der Waals surface area contributed by atoms with Gasteiger partial charge in [-0.05, 0) is 25.0 Å². The largest absolute Gasteiger partial charge is 0.496 e. The van der Waals surface area contributed by atoms with E-state index in [0.29, 0.717) is 15.8 Å². The molecule has 4 nitrogen and oxygen atoms in total. The monoisotopic (exact) mass is 335 g/mol. The summed E-state index contributed by atoms with van der Waals surface area (Å²) in [6.45, 7) is 1.32. The van der Waals surface area contributed by atoms with Crippen LogP contribution in [0, 0.1) is 0 Å². The van der Waals surface area contributed by atoms with Crippen LogP contribution in [0.5, 0.6) is 5.75 Å². The first kappa shape index (κ1) is 15.5. The molecule has 3 rings (SSSR count). The maximum Gasteiger partial charge on any atom is 0.266 e. The van der Waals surface area contributed by atoms with Gasteiger partial charge in [-0.3, -0.25) is 9.69 Å². The molecule has 2 saturated heterocycles. The molecule has 0 bridgehead atoms. The molecule has 1 atom stereocenters. The Bertz CT molecular complexity index is 624. The molecule has 0 radical (unpaired) electrons. The maximum atomic E-state index is 12.6. The summed E-state index contributed by atoms with van der Waals surface area (Å²) in [5, 5.41) is 0. The molecule has 0 unspecified atom stereocenters. The molecule has 2 aliphatic heterocycles. The van der Waals surface area contributed by atoms with Gasteiger partial charge in [-0.15, -0.1) is 0 Å². The van der Waals surface area contributed by atoms with Gasteiger partial charge >= 0.3 is 0 Å². The van der Waals surface area contributed by atoms with Crippen LogP contribution in [0.1, 0.15) is 18.4 Å². The molecular formula is C16H17NO3S2. The Morgan fingerprint density at radius 1 is 1.50 bits per heavy atom. The van der Waals surface area contributed by atoms with Crippen molar-refractivity contribution in [1.82, 2.24) is 4.90 Å². The summed E-state index contributed by atoms with van der Waals surface area (Å²) in [6.07, 6.45) is 3.99. The Hall–Kier alpha value is -1.37. The highest BCUT2D eigenvalue weighted by Crippen LogP contribution is 2.34. The van der Waals surface area contributed by atoms with Gasteiger partial charge in [0, 0.05) is 12.2 Å². The van der Waals surface area contributed by atoms with Gasteiger partial charge in [0.1, 0.15) is 10.1 Å². The Morgan fingerprint density at radius 3 is 3.05 bits per heavy atom. The van der Waals surface area contributed by atoms with Crippen LogP contribution in [-0.2, 0) is 9.53 Å². The van der Waals surface area contributed by atoms with Gasteiger partial charge in [-0.2, -0.15) is 0 Å². The minimum Gasteiger partial charge on any atom is -0.496 e. The molecule has 6 heteroatoms. The lowest BCUT2D eigenvalue weighted by atomic mass is 10.2. The lowest BCUT2D eigenvalue weighted by molar-refractivity contribution is -0.123. The Balaban J connectivity index is 1.79. The predicted octanol–water partition coefficient (Wildman–Crippen LogP) is 3.08. The molecular weight excluding hydrogens is 318 g/mol. The van der Waals surface area contributed by atoms with Gasteiger partial charge in [-0.1, -0.05) is 42.2 Å². The van der Waals surface area contributed by atoms with E-state index >= 15 is 0 Å². The molecule has 0 N–H and O–H groups in total. The third-order valence-corrected chi connectivity index (χ3v) is 5.09. The van der Waals surface area contributed by atoms with Crippen LogP contribution >= 0.6 is 24.0 Å². The van der Waals surface area contributed by atoms with Gasteiger partial charge in [-0.25, -0.2) is 0 Å². The molecule has 0 spiro atoms. The lowest BCUT2D eigenvalue weighted by Crippen LogP contribution is -2.35. The zero-order chi connectivity index (χ0) is 15.5. The van der Waals surface area contributed by atoms with Crippen LogP contribution in [0.15, 0.2) is 29.2 Å². The smallest absolute Gasteiger partial charge is 0.266 e. The second-order valence-corrected chi connectivity index (χ2v) is 6.85. The van der Waals surface area contributed by atoms with Crippen molar-refractivity contribution in [2.24, 2.45) is 0 Å². The molecule has 116 valence electrons. The number of hydrogen-bond donors (Lipinski definition) is 0. The zero-order valence-corrected chi connectivity index (χ0v) is 13.9. The molecule has 0 aromatic heterocycles. The number of methoxy groups -OCH3 is 1. The van der Waals surface area contributed by atoms with Crippen LogP contribution in [-0.4, -0.2) is 41.5 Å². The fourth-order valence-corrected chi connectivity index (χ4v) is 3.84. The van der Waals surface area contributed by atoms with Crippen molar-refractivity contribution in [2.75, 3.05) is 20.3 Å². The minimum absolute atomic E-state index is 0.0450. The standard InChI is InChI=1S/C16H17NO3S2/c1-19-13-7-3-2-5-11(13)9-14-15(18)17(16(21)22-14)10-12-6-4-8-20-12/h2-3,5,7,9,12H,4,6,8,10H2,1H3/b14-9+/t12-/m1/s1. The Kier molecular flexibility index (Phi) is 4.81. The molecule has 2 aliphatic rings. The third kappa shape index (κ3) is 3.19. The molecule has 1 aromatic rings. The van der Waals surface area contributed by atoms with Crippen molar-refractivity contribution in [2.45, 2.75) is 18.9 Å². The second-order valence-electron chi connectivity index (χ2n) is 5.17. The van der Waals surface area contributed by atoms with Gasteiger partial charge in [0.2, 0.25) is 0 Å². The summed E-state index contributed by atoms with van der Waals surface area (Å²) in [4.78, 5) is 14.8. The van der Waals surface area contributed by atoms with E-state index in [2.05, 4.69) is 0 Å². The molecule has 2 heterocycles. The molecule has 1 aromatic carbocycles. The number of hydrogen-bond acceptors (Lipinski definition) is 5. The van der Waals surface area contributed by atoms with Gasteiger partial charge in [0.15, 0.2) is 0 Å². The van der Waals surface area contributed by atoms with Gasteiger partial charge < -0.3 is 9.47 Å². The molecule has 0 aliphatic carbocycles. The third-order valence-electron chi connectivity index (χ3n) is 3.71. The van der Waals surface area contributed by atoms with E-state index < -0.39 is 0 Å². The van der Waals surface area contributed by atoms with Gasteiger partial charge in [0.05, 0.1) is 24.7 Å². The quantitative estimate of drug-likeness (QED) is 0.624. The fraction of sp³-hybridized carbons (Fsp3) is 0.375. The van der Waals surface area contributed by atoms with E-state index in [0.717, 1.165) is 30.8 Å². The lowest BCUT2D eigenvalue weighted by Gasteiger charge is -2.18. The normalized spacial score (nSPS) is 23.6. The first-order valence-electron chi connectivity index (χ1n) is 7.19. The molecule has 1 amide bonds. The SMILES string of the molecule is COc1ccccc1/C=C1/SC(=S)N(C[C@H]2CCCO2)C1=O. The average Bonchev–Trinajstić information content (AvgIpc) is 3.12. The highest BCUT2D eigenvalue weighted by atomic mass is 32.2. The number of thioether (sulfide) groups is 1. The number of rotatable bonds is 4. The molecule has 22 heavy (non-hydrogen) atoms. The summed E-state index contributed by atoms with van der Waals surface area (Å²) in [7, 11) is 1.62. The Morgan fingerprint density at radius 2 is 2.32 bits per heavy atom. The summed E-state index contributed by atoms with van der Waals surface area (Å²) in [5.74, 6) is 0.698. The second kappa shape index (κ2) is 6.81. The number of benzene rings is 1. The fourth-order valence-electron chi connectivity index (χ4n) is 2.58. The Labute approximate surface area is 139 Å². The number of nitrogens with zero attached hydrogens (tertiary/aromatic N) is 1. The van der Waals surface area contributed by atoms with Crippen molar-refractivity contribution in [3.63, 3.8) is 0 Å². The van der Waals surface area contributed by atoms with E-state index in [9.17, 15) is 4.79 Å². The van der Waals surface area contributed by atoms with E-state index in [1.165, 1.54) is 11.8 Å². The number of carbonyl (C=O) groups excluding carboxylic acids is 1. The number of ether oxygens (including phenoxy) is 2. The topological polar surface area (TPSA) is 38.8 Å². The summed E-state index contributed by atoms with van der Waals surface area (Å²) in [6, 6.07) is 7.62. The highest BCUT2D eigenvalue weighted by molar-refractivity contribution is 8.26. The number of carbonyl (C=O) groups is 1. The average molecular weight is 335 g/mol. The van der Waals surface area contributed by atoms with Crippen molar-refractivity contribution in [3.8, 4) is 5.75 Å². The van der Waals surface area contributed by atoms with Crippen molar-refractivity contribution in [3.05, 3.63) is 34.7 Å². The number of para-hydroxylation sites is 1. The van der Waals surface area contributed by atoms with Gasteiger partial charge in [0.25, 0.3) is 5.91 Å². The van der Waals surface area contributed by atoms with Crippen LogP contribution in [0.25, 0.3) is 6.08 Å². The van der Waals surface area contributed by atoms with Crippen molar-refractivity contribution in [1.29, 1.82) is 0 Å². The van der Waals surface area contributed by atoms with Crippen molar-refractivity contribution < 1.29 is 14.3 Å². The molecule has 0 saturated carbocycles. The minimum atomic E-state index is -0.0450. The van der Waals surface area contributed by atoms with Crippen molar-refractivity contribution >= 4 is 40.3 Å². The maximum absolute atomic E-state index is 12.6. The number of amides is 1. The van der Waals surface area contributed by atoms with E-state index in [1.807, 2.05) is 30.3 Å². The summed E-state index contributed by atoms with van der Waals surface area (Å²) in [5.41, 5.74) is 0.877. The summed E-state index contributed by atoms with van der Waals surface area (Å²) >= 11 is 6.68. The first-order valence-corrected chi connectivity index (χ1v) is 8.41. The van der Waals surface area contributed by atoms with Crippen LogP contribution < -0.4 is 4.74 Å². The number of thiocarbonyl (C=S) groups is 1. The van der Waals surface area contributed by atoms with Crippen LogP contribution in [0.4, 0.5) is 0 Å². The van der Waals surface area contributed by atoms with E-state index in [4.69, 9.17) is 21.7 Å². The summed E-state index contributed by atoms with van der Waals surface area (Å²) < 4.78 is 11.5. The van der Waals surface area contributed by atoms with Crippen LogP contribution in [0.2, 0.25) is 0 Å². The molecule has 2 fully saturated rings. The first-order chi connectivity index (χ1) is 10.7. The highest BCUT2D eigenvalue weighted by Gasteiger charge is 2.34.